The third kappa shape index (κ3) is 3.08. The zero-order chi connectivity index (χ0) is 14.8. The van der Waals surface area contributed by atoms with E-state index in [1.807, 2.05) is 18.3 Å². The van der Waals surface area contributed by atoms with Crippen molar-refractivity contribution in [3.8, 4) is 17.0 Å². The SMILES string of the molecule is CC(C)c1cc(OC2CN(C)C2)ccc1-c1ccccn1. The minimum absolute atomic E-state index is 0.329. The minimum Gasteiger partial charge on any atom is -0.488 e. The van der Waals surface area contributed by atoms with E-state index >= 15 is 0 Å². The zero-order valence-corrected chi connectivity index (χ0v) is 12.9. The third-order valence-electron chi connectivity index (χ3n) is 3.92. The number of nitrogens with zero attached hydrogens (tertiary/aromatic N) is 2. The third-order valence-corrected chi connectivity index (χ3v) is 3.92. The van der Waals surface area contributed by atoms with Gasteiger partial charge in [0.15, 0.2) is 0 Å². The molecule has 1 fully saturated rings. The monoisotopic (exact) mass is 282 g/mol. The van der Waals surface area contributed by atoms with Gasteiger partial charge in [-0.2, -0.15) is 0 Å². The molecule has 3 nitrogen and oxygen atoms in total. The van der Waals surface area contributed by atoms with Gasteiger partial charge in [-0.15, -0.1) is 0 Å². The molecule has 1 aromatic carbocycles. The van der Waals surface area contributed by atoms with E-state index in [2.05, 4.69) is 55.0 Å². The van der Waals surface area contributed by atoms with E-state index in [0.717, 1.165) is 24.5 Å². The molecule has 110 valence electrons. The van der Waals surface area contributed by atoms with Crippen LogP contribution in [0.3, 0.4) is 0 Å². The summed E-state index contributed by atoms with van der Waals surface area (Å²) < 4.78 is 6.04. The van der Waals surface area contributed by atoms with E-state index < -0.39 is 0 Å². The molecule has 0 bridgehead atoms. The average molecular weight is 282 g/mol. The summed E-state index contributed by atoms with van der Waals surface area (Å²) in [6.45, 7) is 6.45. The van der Waals surface area contributed by atoms with Crippen molar-refractivity contribution in [1.29, 1.82) is 0 Å². The lowest BCUT2D eigenvalue weighted by Gasteiger charge is -2.36. The van der Waals surface area contributed by atoms with Gasteiger partial charge >= 0.3 is 0 Å². The van der Waals surface area contributed by atoms with Gasteiger partial charge in [0.05, 0.1) is 5.69 Å². The Balaban J connectivity index is 1.88. The summed E-state index contributed by atoms with van der Waals surface area (Å²) in [6, 6.07) is 12.4. The van der Waals surface area contributed by atoms with Crippen LogP contribution in [0.25, 0.3) is 11.3 Å². The number of benzene rings is 1. The fourth-order valence-electron chi connectivity index (χ4n) is 2.76. The van der Waals surface area contributed by atoms with E-state index in [0.29, 0.717) is 12.0 Å². The summed E-state index contributed by atoms with van der Waals surface area (Å²) in [5.41, 5.74) is 3.51. The highest BCUT2D eigenvalue weighted by Crippen LogP contribution is 2.32. The maximum Gasteiger partial charge on any atom is 0.124 e. The van der Waals surface area contributed by atoms with Gasteiger partial charge in [-0.05, 0) is 48.9 Å². The second-order valence-electron chi connectivity index (χ2n) is 6.08. The van der Waals surface area contributed by atoms with Gasteiger partial charge in [-0.1, -0.05) is 19.9 Å². The first-order valence-electron chi connectivity index (χ1n) is 7.54. The lowest BCUT2D eigenvalue weighted by atomic mass is 9.94. The highest BCUT2D eigenvalue weighted by molar-refractivity contribution is 5.65. The predicted molar refractivity (Wildman–Crippen MR) is 85.7 cm³/mol. The zero-order valence-electron chi connectivity index (χ0n) is 12.9. The van der Waals surface area contributed by atoms with Crippen molar-refractivity contribution < 1.29 is 4.74 Å². The van der Waals surface area contributed by atoms with Crippen molar-refractivity contribution in [2.24, 2.45) is 0 Å². The Hall–Kier alpha value is -1.87. The number of hydrogen-bond donors (Lipinski definition) is 0. The summed E-state index contributed by atoms with van der Waals surface area (Å²) in [7, 11) is 2.11. The van der Waals surface area contributed by atoms with Gasteiger partial charge in [0.25, 0.3) is 0 Å². The van der Waals surface area contributed by atoms with Gasteiger partial charge in [0.1, 0.15) is 11.9 Å². The van der Waals surface area contributed by atoms with Crippen LogP contribution in [0.5, 0.6) is 5.75 Å². The van der Waals surface area contributed by atoms with Crippen LogP contribution in [-0.2, 0) is 0 Å². The van der Waals surface area contributed by atoms with Crippen molar-refractivity contribution in [1.82, 2.24) is 9.88 Å². The Kier molecular flexibility index (Phi) is 3.93. The first-order chi connectivity index (χ1) is 10.1. The Bertz CT molecular complexity index is 604. The van der Waals surface area contributed by atoms with Crippen LogP contribution in [0.4, 0.5) is 0 Å². The Morgan fingerprint density at radius 3 is 2.62 bits per heavy atom. The van der Waals surface area contributed by atoms with Crippen LogP contribution in [0.15, 0.2) is 42.6 Å². The molecule has 2 heterocycles. The predicted octanol–water partition coefficient (Wildman–Crippen LogP) is 3.56. The first-order valence-corrected chi connectivity index (χ1v) is 7.54. The highest BCUT2D eigenvalue weighted by Gasteiger charge is 2.25. The lowest BCUT2D eigenvalue weighted by Crippen LogP contribution is -2.51. The fraction of sp³-hybridized carbons (Fsp3) is 0.389. The fourth-order valence-corrected chi connectivity index (χ4v) is 2.76. The minimum atomic E-state index is 0.329. The normalized spacial score (nSPS) is 16.0. The molecule has 0 amide bonds. The standard InChI is InChI=1S/C18H22N2O/c1-13(2)17-10-14(21-15-11-20(3)12-15)7-8-16(17)18-6-4-5-9-19-18/h4-10,13,15H,11-12H2,1-3H3. The van der Waals surface area contributed by atoms with Crippen LogP contribution in [0, 0.1) is 0 Å². The molecule has 0 spiro atoms. The van der Waals surface area contributed by atoms with Gasteiger partial charge < -0.3 is 4.74 Å². The van der Waals surface area contributed by atoms with Gasteiger partial charge in [0.2, 0.25) is 0 Å². The summed E-state index contributed by atoms with van der Waals surface area (Å²) >= 11 is 0. The number of likely N-dealkylation sites (N-methyl/N-ethyl adjacent to an activating group) is 1. The number of rotatable bonds is 4. The second-order valence-corrected chi connectivity index (χ2v) is 6.08. The number of likely N-dealkylation sites (tertiary alicyclic amines) is 1. The largest absolute Gasteiger partial charge is 0.488 e. The van der Waals surface area contributed by atoms with E-state index in [9.17, 15) is 0 Å². The van der Waals surface area contributed by atoms with Gasteiger partial charge in [-0.3, -0.25) is 9.88 Å². The maximum absolute atomic E-state index is 6.04. The lowest BCUT2D eigenvalue weighted by molar-refractivity contribution is 0.0388. The van der Waals surface area contributed by atoms with Gasteiger partial charge in [-0.25, -0.2) is 0 Å². The average Bonchev–Trinajstić information content (AvgIpc) is 2.46. The van der Waals surface area contributed by atoms with Crippen LogP contribution >= 0.6 is 0 Å². The Morgan fingerprint density at radius 1 is 1.19 bits per heavy atom. The summed E-state index contributed by atoms with van der Waals surface area (Å²) in [4.78, 5) is 6.73. The molecule has 0 saturated carbocycles. The van der Waals surface area contributed by atoms with Crippen LogP contribution in [-0.4, -0.2) is 36.1 Å². The maximum atomic E-state index is 6.04. The Labute approximate surface area is 126 Å². The van der Waals surface area contributed by atoms with Crippen molar-refractivity contribution in [2.75, 3.05) is 20.1 Å². The molecule has 0 N–H and O–H groups in total. The molecule has 1 aliphatic rings. The number of pyridine rings is 1. The molecule has 1 aliphatic heterocycles. The van der Waals surface area contributed by atoms with Crippen molar-refractivity contribution in [3.63, 3.8) is 0 Å². The molecule has 1 saturated heterocycles. The van der Waals surface area contributed by atoms with Crippen molar-refractivity contribution in [3.05, 3.63) is 48.2 Å². The number of hydrogen-bond acceptors (Lipinski definition) is 3. The summed E-state index contributed by atoms with van der Waals surface area (Å²) in [5, 5.41) is 0. The molecule has 3 heteroatoms. The van der Waals surface area contributed by atoms with Crippen LogP contribution < -0.4 is 4.74 Å². The van der Waals surface area contributed by atoms with Gasteiger partial charge in [0, 0.05) is 24.8 Å². The summed E-state index contributed by atoms with van der Waals surface area (Å²) in [5.74, 6) is 1.41. The molecular weight excluding hydrogens is 260 g/mol. The van der Waals surface area contributed by atoms with Crippen LogP contribution in [0.2, 0.25) is 0 Å². The molecule has 0 unspecified atom stereocenters. The molecule has 0 aliphatic carbocycles. The molecule has 0 radical (unpaired) electrons. The molecule has 0 atom stereocenters. The second kappa shape index (κ2) is 5.86. The number of ether oxygens (including phenoxy) is 1. The molecular formula is C18H22N2O. The smallest absolute Gasteiger partial charge is 0.124 e. The quantitative estimate of drug-likeness (QED) is 0.857. The van der Waals surface area contributed by atoms with E-state index in [4.69, 9.17) is 4.74 Å². The van der Waals surface area contributed by atoms with E-state index in [1.165, 1.54) is 11.1 Å². The van der Waals surface area contributed by atoms with E-state index in [1.54, 1.807) is 0 Å². The van der Waals surface area contributed by atoms with Crippen molar-refractivity contribution >= 4 is 0 Å². The first kappa shape index (κ1) is 14.1. The molecule has 1 aromatic heterocycles. The summed E-state index contributed by atoms with van der Waals surface area (Å²) in [6.07, 6.45) is 2.17. The molecule has 2 aromatic rings. The molecule has 3 rings (SSSR count). The van der Waals surface area contributed by atoms with E-state index in [-0.39, 0.29) is 0 Å². The Morgan fingerprint density at radius 2 is 2.00 bits per heavy atom. The topological polar surface area (TPSA) is 25.4 Å². The number of aromatic nitrogens is 1. The highest BCUT2D eigenvalue weighted by atomic mass is 16.5. The van der Waals surface area contributed by atoms with Crippen molar-refractivity contribution in [2.45, 2.75) is 25.9 Å². The van der Waals surface area contributed by atoms with Crippen LogP contribution in [0.1, 0.15) is 25.3 Å². The molecule has 21 heavy (non-hydrogen) atoms.